The average Bonchev–Trinajstić information content (AvgIpc) is 2.26. The second-order valence-electron chi connectivity index (χ2n) is 4.79. The van der Waals surface area contributed by atoms with Crippen molar-refractivity contribution in [1.82, 2.24) is 10.3 Å². The molecule has 1 atom stereocenters. The predicted octanol–water partition coefficient (Wildman–Crippen LogP) is 1.62. The van der Waals surface area contributed by atoms with Gasteiger partial charge in [0, 0.05) is 18.9 Å². The minimum absolute atomic E-state index is 0.265. The number of nitrogens with zero attached hydrogens (tertiary/aromatic N) is 1. The van der Waals surface area contributed by atoms with Crippen LogP contribution in [-0.2, 0) is 6.42 Å². The lowest BCUT2D eigenvalue weighted by Gasteiger charge is -2.27. The van der Waals surface area contributed by atoms with E-state index in [1.54, 1.807) is 12.4 Å². The van der Waals surface area contributed by atoms with Crippen LogP contribution in [0.4, 0.5) is 0 Å². The molecule has 0 aromatic carbocycles. The van der Waals surface area contributed by atoms with E-state index in [0.29, 0.717) is 6.54 Å². The molecule has 0 radical (unpaired) electrons. The summed E-state index contributed by atoms with van der Waals surface area (Å²) in [6.45, 7) is 7.45. The third-order valence-corrected chi connectivity index (χ3v) is 3.07. The Morgan fingerprint density at radius 1 is 1.38 bits per heavy atom. The Balaban J connectivity index is 2.22. The van der Waals surface area contributed by atoms with Gasteiger partial charge in [-0.15, -0.1) is 0 Å². The van der Waals surface area contributed by atoms with Crippen LogP contribution in [0.2, 0.25) is 0 Å². The number of aliphatic hydroxyl groups is 1. The van der Waals surface area contributed by atoms with Crippen molar-refractivity contribution in [1.29, 1.82) is 0 Å². The highest BCUT2D eigenvalue weighted by Crippen LogP contribution is 2.14. The zero-order valence-electron chi connectivity index (χ0n) is 10.4. The number of pyridine rings is 1. The Morgan fingerprint density at radius 2 is 2.00 bits per heavy atom. The first kappa shape index (κ1) is 13.1. The summed E-state index contributed by atoms with van der Waals surface area (Å²) >= 11 is 0. The molecule has 16 heavy (non-hydrogen) atoms. The molecule has 1 rings (SSSR count). The van der Waals surface area contributed by atoms with Crippen LogP contribution in [0.3, 0.4) is 0 Å². The minimum atomic E-state index is -0.627. The van der Waals surface area contributed by atoms with Crippen molar-refractivity contribution in [2.45, 2.75) is 32.8 Å². The van der Waals surface area contributed by atoms with Gasteiger partial charge in [0.25, 0.3) is 0 Å². The van der Waals surface area contributed by atoms with E-state index in [1.165, 1.54) is 5.56 Å². The SMILES string of the molecule is CC(C)C(C)(O)CNCCc1ccncc1. The van der Waals surface area contributed by atoms with Gasteiger partial charge in [0.2, 0.25) is 0 Å². The van der Waals surface area contributed by atoms with Crippen molar-refractivity contribution in [3.63, 3.8) is 0 Å². The summed E-state index contributed by atoms with van der Waals surface area (Å²) in [6.07, 6.45) is 4.58. The second-order valence-corrected chi connectivity index (χ2v) is 4.79. The maximum absolute atomic E-state index is 10.0. The zero-order chi connectivity index (χ0) is 12.0. The summed E-state index contributed by atoms with van der Waals surface area (Å²) in [5, 5.41) is 13.3. The number of hydrogen-bond acceptors (Lipinski definition) is 3. The fraction of sp³-hybridized carbons (Fsp3) is 0.615. The molecule has 2 N–H and O–H groups in total. The van der Waals surface area contributed by atoms with Gasteiger partial charge in [0.05, 0.1) is 5.60 Å². The molecule has 0 fully saturated rings. The van der Waals surface area contributed by atoms with Crippen molar-refractivity contribution in [2.75, 3.05) is 13.1 Å². The third-order valence-electron chi connectivity index (χ3n) is 3.07. The fourth-order valence-corrected chi connectivity index (χ4v) is 1.33. The zero-order valence-corrected chi connectivity index (χ0v) is 10.4. The van der Waals surface area contributed by atoms with Crippen LogP contribution in [0, 0.1) is 5.92 Å². The van der Waals surface area contributed by atoms with Gasteiger partial charge in [0.15, 0.2) is 0 Å². The Kier molecular flexibility index (Phi) is 4.90. The molecule has 1 aromatic heterocycles. The van der Waals surface area contributed by atoms with Gasteiger partial charge < -0.3 is 10.4 Å². The molecule has 0 aliphatic carbocycles. The van der Waals surface area contributed by atoms with Crippen molar-refractivity contribution in [3.05, 3.63) is 30.1 Å². The molecule has 90 valence electrons. The first-order valence-electron chi connectivity index (χ1n) is 5.84. The summed E-state index contributed by atoms with van der Waals surface area (Å²) in [5.41, 5.74) is 0.643. The maximum atomic E-state index is 10.0. The van der Waals surface area contributed by atoms with Gasteiger partial charge >= 0.3 is 0 Å². The van der Waals surface area contributed by atoms with Gasteiger partial charge in [-0.2, -0.15) is 0 Å². The molecule has 0 saturated carbocycles. The van der Waals surface area contributed by atoms with Crippen LogP contribution in [0.15, 0.2) is 24.5 Å². The average molecular weight is 222 g/mol. The van der Waals surface area contributed by atoms with Crippen LogP contribution in [0.25, 0.3) is 0 Å². The predicted molar refractivity (Wildman–Crippen MR) is 66.3 cm³/mol. The molecule has 0 bridgehead atoms. The van der Waals surface area contributed by atoms with Crippen molar-refractivity contribution < 1.29 is 5.11 Å². The Labute approximate surface area is 97.9 Å². The highest BCUT2D eigenvalue weighted by Gasteiger charge is 2.23. The molecule has 1 heterocycles. The molecule has 1 aromatic rings. The van der Waals surface area contributed by atoms with E-state index in [9.17, 15) is 5.11 Å². The van der Waals surface area contributed by atoms with Gasteiger partial charge in [-0.25, -0.2) is 0 Å². The normalized spacial score (nSPS) is 15.1. The molecule has 3 nitrogen and oxygen atoms in total. The summed E-state index contributed by atoms with van der Waals surface area (Å²) in [5.74, 6) is 0.265. The molecule has 0 spiro atoms. The van der Waals surface area contributed by atoms with E-state index in [-0.39, 0.29) is 5.92 Å². The fourth-order valence-electron chi connectivity index (χ4n) is 1.33. The van der Waals surface area contributed by atoms with Crippen LogP contribution in [0.1, 0.15) is 26.3 Å². The molecule has 0 saturated heterocycles. The standard InChI is InChI=1S/C13H22N2O/c1-11(2)13(3,16)10-15-9-6-12-4-7-14-8-5-12/h4-5,7-8,11,15-16H,6,9-10H2,1-3H3. The van der Waals surface area contributed by atoms with Gasteiger partial charge in [-0.1, -0.05) is 13.8 Å². The first-order valence-corrected chi connectivity index (χ1v) is 5.84. The number of hydrogen-bond donors (Lipinski definition) is 2. The van der Waals surface area contributed by atoms with Gasteiger partial charge in [-0.05, 0) is 43.5 Å². The lowest BCUT2D eigenvalue weighted by molar-refractivity contribution is 0.0145. The van der Waals surface area contributed by atoms with E-state index in [2.05, 4.69) is 10.3 Å². The topological polar surface area (TPSA) is 45.1 Å². The lowest BCUT2D eigenvalue weighted by atomic mass is 9.92. The molecular weight excluding hydrogens is 200 g/mol. The number of rotatable bonds is 6. The first-order chi connectivity index (χ1) is 7.52. The molecule has 0 aliphatic rings. The molecular formula is C13H22N2O. The van der Waals surface area contributed by atoms with E-state index >= 15 is 0 Å². The molecule has 0 aliphatic heterocycles. The monoisotopic (exact) mass is 222 g/mol. The van der Waals surface area contributed by atoms with Gasteiger partial charge in [0.1, 0.15) is 0 Å². The lowest BCUT2D eigenvalue weighted by Crippen LogP contribution is -2.42. The highest BCUT2D eigenvalue weighted by atomic mass is 16.3. The number of nitrogens with one attached hydrogen (secondary N) is 1. The van der Waals surface area contributed by atoms with Crippen LogP contribution < -0.4 is 5.32 Å². The Morgan fingerprint density at radius 3 is 2.56 bits per heavy atom. The largest absolute Gasteiger partial charge is 0.389 e. The summed E-state index contributed by atoms with van der Waals surface area (Å²) in [6, 6.07) is 4.03. The summed E-state index contributed by atoms with van der Waals surface area (Å²) in [4.78, 5) is 3.98. The van der Waals surface area contributed by atoms with Crippen molar-refractivity contribution >= 4 is 0 Å². The highest BCUT2D eigenvalue weighted by molar-refractivity contribution is 5.09. The van der Waals surface area contributed by atoms with Crippen LogP contribution in [0.5, 0.6) is 0 Å². The Hall–Kier alpha value is -0.930. The quantitative estimate of drug-likeness (QED) is 0.719. The van der Waals surface area contributed by atoms with Crippen molar-refractivity contribution in [2.24, 2.45) is 5.92 Å². The van der Waals surface area contributed by atoms with E-state index in [4.69, 9.17) is 0 Å². The maximum Gasteiger partial charge on any atom is 0.0766 e. The van der Waals surface area contributed by atoms with Crippen LogP contribution in [-0.4, -0.2) is 28.8 Å². The smallest absolute Gasteiger partial charge is 0.0766 e. The second kappa shape index (κ2) is 5.97. The summed E-state index contributed by atoms with van der Waals surface area (Å²) < 4.78 is 0. The van der Waals surface area contributed by atoms with E-state index < -0.39 is 5.60 Å². The van der Waals surface area contributed by atoms with E-state index in [1.807, 2.05) is 32.9 Å². The molecule has 3 heteroatoms. The van der Waals surface area contributed by atoms with Crippen molar-refractivity contribution in [3.8, 4) is 0 Å². The van der Waals surface area contributed by atoms with Gasteiger partial charge in [-0.3, -0.25) is 4.98 Å². The number of aromatic nitrogens is 1. The Bertz CT molecular complexity index is 296. The summed E-state index contributed by atoms with van der Waals surface area (Å²) in [7, 11) is 0. The molecule has 0 amide bonds. The molecule has 1 unspecified atom stereocenters. The van der Waals surface area contributed by atoms with E-state index in [0.717, 1.165) is 13.0 Å². The minimum Gasteiger partial charge on any atom is -0.389 e. The van der Waals surface area contributed by atoms with Crippen LogP contribution >= 0.6 is 0 Å². The third kappa shape index (κ3) is 4.29.